The number of hydrogen-bond acceptors (Lipinski definition) is 1. The highest BCUT2D eigenvalue weighted by Crippen LogP contribution is 2.32. The molecule has 16 heavy (non-hydrogen) atoms. The van der Waals surface area contributed by atoms with Crippen LogP contribution in [0.15, 0.2) is 18.2 Å². The predicted molar refractivity (Wildman–Crippen MR) is 45.9 cm³/mol. The number of rotatable bonds is 0. The van der Waals surface area contributed by atoms with Crippen LogP contribution in [0.2, 0.25) is 0 Å². The van der Waals surface area contributed by atoms with Gasteiger partial charge in [0, 0.05) is 5.92 Å². The van der Waals surface area contributed by atoms with E-state index in [1.165, 1.54) is 0 Å². The Balaban J connectivity index is 3.27. The van der Waals surface area contributed by atoms with Crippen LogP contribution >= 0.6 is 0 Å². The van der Waals surface area contributed by atoms with E-state index in [1.54, 1.807) is 11.8 Å². The highest BCUT2D eigenvalue weighted by atomic mass is 19.4. The van der Waals surface area contributed by atoms with Crippen molar-refractivity contribution in [2.24, 2.45) is 0 Å². The van der Waals surface area contributed by atoms with Crippen LogP contribution in [0, 0.1) is 17.7 Å². The van der Waals surface area contributed by atoms with Crippen molar-refractivity contribution < 1.29 is 27.5 Å². The Morgan fingerprint density at radius 1 is 1.31 bits per heavy atom. The number of carboxylic acid groups (broad SMARTS) is 1. The molecule has 0 saturated heterocycles. The van der Waals surface area contributed by atoms with Gasteiger partial charge in [0.2, 0.25) is 0 Å². The number of benzene rings is 1. The van der Waals surface area contributed by atoms with Crippen molar-refractivity contribution in [1.29, 1.82) is 0 Å². The van der Waals surface area contributed by atoms with Crippen molar-refractivity contribution in [3.8, 4) is 11.8 Å². The van der Waals surface area contributed by atoms with Gasteiger partial charge in [0.25, 0.3) is 0 Å². The van der Waals surface area contributed by atoms with Gasteiger partial charge in [-0.1, -0.05) is 12.0 Å². The number of carbonyl (C=O) groups is 1. The normalized spacial score (nSPS) is 10.5. The first-order valence-electron chi connectivity index (χ1n) is 3.93. The molecule has 0 aliphatic heterocycles. The van der Waals surface area contributed by atoms with Crippen LogP contribution in [0.5, 0.6) is 0 Å². The summed E-state index contributed by atoms with van der Waals surface area (Å²) in [6.07, 6.45) is -4.83. The van der Waals surface area contributed by atoms with Crippen LogP contribution in [0.4, 0.5) is 17.6 Å². The van der Waals surface area contributed by atoms with E-state index < -0.39 is 29.1 Å². The number of carboxylic acids is 1. The van der Waals surface area contributed by atoms with Crippen molar-refractivity contribution in [3.05, 3.63) is 35.1 Å². The van der Waals surface area contributed by atoms with Gasteiger partial charge in [-0.05, 0) is 12.1 Å². The summed E-state index contributed by atoms with van der Waals surface area (Å²) < 4.78 is 49.9. The van der Waals surface area contributed by atoms with Crippen LogP contribution in [-0.4, -0.2) is 11.1 Å². The standard InChI is InChI=1S/C10H4F4O2/c11-9-6(4-5-8(15)16)2-1-3-7(9)10(12,13)14/h1-3H,(H,15,16). The van der Waals surface area contributed by atoms with Crippen LogP contribution in [0.3, 0.4) is 0 Å². The molecule has 0 saturated carbocycles. The molecule has 0 aliphatic rings. The molecule has 6 heteroatoms. The molecule has 2 nitrogen and oxygen atoms in total. The maximum atomic E-state index is 13.2. The zero-order valence-corrected chi connectivity index (χ0v) is 7.60. The van der Waals surface area contributed by atoms with Crippen LogP contribution in [0.25, 0.3) is 0 Å². The Morgan fingerprint density at radius 2 is 1.94 bits per heavy atom. The lowest BCUT2D eigenvalue weighted by molar-refractivity contribution is -0.140. The lowest BCUT2D eigenvalue weighted by atomic mass is 10.1. The van der Waals surface area contributed by atoms with Gasteiger partial charge in [0.1, 0.15) is 0 Å². The molecule has 0 aliphatic carbocycles. The molecule has 0 heterocycles. The smallest absolute Gasteiger partial charge is 0.419 e. The SMILES string of the molecule is O=C(O)C#Cc1cccc(C(F)(F)F)c1F. The minimum absolute atomic E-state index is 0.557. The van der Waals surface area contributed by atoms with Crippen LogP contribution in [0.1, 0.15) is 11.1 Å². The van der Waals surface area contributed by atoms with Gasteiger partial charge in [-0.3, -0.25) is 0 Å². The maximum Gasteiger partial charge on any atom is 0.419 e. The molecule has 0 atom stereocenters. The largest absolute Gasteiger partial charge is 0.472 e. The van der Waals surface area contributed by atoms with E-state index >= 15 is 0 Å². The zero-order valence-electron chi connectivity index (χ0n) is 7.60. The first kappa shape index (κ1) is 12.0. The predicted octanol–water partition coefficient (Wildman–Crippen LogP) is 2.28. The fraction of sp³-hybridized carbons (Fsp3) is 0.100. The molecular weight excluding hydrogens is 228 g/mol. The van der Waals surface area contributed by atoms with Crippen molar-refractivity contribution >= 4 is 5.97 Å². The Labute approximate surface area is 87.5 Å². The molecule has 1 rings (SSSR count). The van der Waals surface area contributed by atoms with Gasteiger partial charge in [0.05, 0.1) is 11.1 Å². The second-order valence-electron chi connectivity index (χ2n) is 2.72. The van der Waals surface area contributed by atoms with E-state index in [2.05, 4.69) is 0 Å². The third kappa shape index (κ3) is 2.73. The molecule has 1 aromatic rings. The van der Waals surface area contributed by atoms with Gasteiger partial charge in [-0.15, -0.1) is 0 Å². The maximum absolute atomic E-state index is 13.2. The first-order valence-corrected chi connectivity index (χ1v) is 3.93. The van der Waals surface area contributed by atoms with E-state index in [4.69, 9.17) is 5.11 Å². The summed E-state index contributed by atoms with van der Waals surface area (Å²) in [5.41, 5.74) is -2.07. The lowest BCUT2D eigenvalue weighted by Crippen LogP contribution is -2.09. The lowest BCUT2D eigenvalue weighted by Gasteiger charge is -2.08. The Morgan fingerprint density at radius 3 is 2.44 bits per heavy atom. The first-order chi connectivity index (χ1) is 7.32. The van der Waals surface area contributed by atoms with Gasteiger partial charge < -0.3 is 5.11 Å². The van der Waals surface area contributed by atoms with Gasteiger partial charge in [-0.2, -0.15) is 13.2 Å². The molecule has 0 fully saturated rings. The third-order valence-electron chi connectivity index (χ3n) is 1.61. The van der Waals surface area contributed by atoms with Crippen molar-refractivity contribution in [3.63, 3.8) is 0 Å². The van der Waals surface area contributed by atoms with Crippen molar-refractivity contribution in [2.45, 2.75) is 6.18 Å². The summed E-state index contributed by atoms with van der Waals surface area (Å²) in [5, 5.41) is 8.18. The fourth-order valence-corrected chi connectivity index (χ4v) is 0.968. The Kier molecular flexibility index (Phi) is 3.18. The zero-order chi connectivity index (χ0) is 12.3. The molecule has 0 radical (unpaired) electrons. The number of hydrogen-bond donors (Lipinski definition) is 1. The summed E-state index contributed by atoms with van der Waals surface area (Å²) in [5.74, 6) is 0.230. The van der Waals surface area contributed by atoms with E-state index in [-0.39, 0.29) is 0 Å². The summed E-state index contributed by atoms with van der Waals surface area (Å²) in [4.78, 5) is 10.0. The minimum atomic E-state index is -4.83. The van der Waals surface area contributed by atoms with Crippen molar-refractivity contribution in [2.75, 3.05) is 0 Å². The minimum Gasteiger partial charge on any atom is -0.472 e. The second kappa shape index (κ2) is 4.23. The van der Waals surface area contributed by atoms with E-state index in [9.17, 15) is 22.4 Å². The van der Waals surface area contributed by atoms with Crippen molar-refractivity contribution in [1.82, 2.24) is 0 Å². The highest BCUT2D eigenvalue weighted by molar-refractivity contribution is 5.87. The molecule has 0 aromatic heterocycles. The van der Waals surface area contributed by atoms with E-state index in [0.29, 0.717) is 6.07 Å². The number of halogens is 4. The molecule has 84 valence electrons. The summed E-state index contributed by atoms with van der Waals surface area (Å²) in [6.45, 7) is 0. The molecule has 1 N–H and O–H groups in total. The van der Waals surface area contributed by atoms with Gasteiger partial charge in [0.15, 0.2) is 5.82 Å². The molecule has 0 spiro atoms. The van der Waals surface area contributed by atoms with Crippen LogP contribution < -0.4 is 0 Å². The molecule has 1 aromatic carbocycles. The summed E-state index contributed by atoms with van der Waals surface area (Å²) in [7, 11) is 0. The Bertz CT molecular complexity index is 480. The molecule has 0 amide bonds. The van der Waals surface area contributed by atoms with Crippen LogP contribution in [-0.2, 0) is 11.0 Å². The molecule has 0 unspecified atom stereocenters. The second-order valence-corrected chi connectivity index (χ2v) is 2.72. The molecular formula is C10H4F4O2. The number of aliphatic carboxylic acids is 1. The fourth-order valence-electron chi connectivity index (χ4n) is 0.968. The quantitative estimate of drug-likeness (QED) is 0.550. The third-order valence-corrected chi connectivity index (χ3v) is 1.61. The van der Waals surface area contributed by atoms with Gasteiger partial charge in [-0.25, -0.2) is 9.18 Å². The summed E-state index contributed by atoms with van der Waals surface area (Å²) >= 11 is 0. The van der Waals surface area contributed by atoms with Gasteiger partial charge >= 0.3 is 12.1 Å². The topological polar surface area (TPSA) is 37.3 Å². The van der Waals surface area contributed by atoms with E-state index in [0.717, 1.165) is 12.1 Å². The highest BCUT2D eigenvalue weighted by Gasteiger charge is 2.34. The monoisotopic (exact) mass is 232 g/mol. The average molecular weight is 232 g/mol. The van der Waals surface area contributed by atoms with E-state index in [1.807, 2.05) is 0 Å². The Hall–Kier alpha value is -2.03. The number of alkyl halides is 3. The average Bonchev–Trinajstić information content (AvgIpc) is 2.14. The summed E-state index contributed by atoms with van der Waals surface area (Å²) in [6, 6.07) is 2.49. The molecule has 0 bridgehead atoms.